The number of pyridine rings is 1. The van der Waals surface area contributed by atoms with Crippen LogP contribution >= 0.6 is 11.6 Å². The van der Waals surface area contributed by atoms with Crippen molar-refractivity contribution in [3.63, 3.8) is 0 Å². The number of carbonyl (C=O) groups is 2. The molecule has 0 atom stereocenters. The normalized spacial score (nSPS) is 10.4. The highest BCUT2D eigenvalue weighted by Crippen LogP contribution is 2.22. The van der Waals surface area contributed by atoms with Crippen molar-refractivity contribution in [2.24, 2.45) is 0 Å². The van der Waals surface area contributed by atoms with E-state index in [1.807, 2.05) is 36.4 Å². The number of hydrogen-bond acceptors (Lipinski definition) is 3. The van der Waals surface area contributed by atoms with E-state index in [4.69, 9.17) is 11.6 Å². The molecule has 3 aromatic carbocycles. The van der Waals surface area contributed by atoms with Gasteiger partial charge in [-0.3, -0.25) is 4.79 Å². The Morgan fingerprint density at radius 2 is 1.27 bits per heavy atom. The van der Waals surface area contributed by atoms with Crippen LogP contribution in [0.5, 0.6) is 0 Å². The number of fused-ring (bicyclic) bond motifs is 1. The average molecular weight is 417 g/mol. The minimum atomic E-state index is -0.351. The number of aromatic nitrogens is 1. The predicted octanol–water partition coefficient (Wildman–Crippen LogP) is 5.78. The van der Waals surface area contributed by atoms with Crippen LogP contribution in [-0.2, 0) is 0 Å². The summed E-state index contributed by atoms with van der Waals surface area (Å²) in [5.74, 6) is -0.293. The minimum Gasteiger partial charge on any atom is -0.322 e. The summed E-state index contributed by atoms with van der Waals surface area (Å²) in [6.07, 6.45) is 0. The molecule has 0 aliphatic rings. The minimum absolute atomic E-state index is 0.253. The van der Waals surface area contributed by atoms with E-state index in [-0.39, 0.29) is 17.1 Å². The Morgan fingerprint density at radius 3 is 1.97 bits per heavy atom. The summed E-state index contributed by atoms with van der Waals surface area (Å²) in [5.41, 5.74) is 2.97. The second-order valence-electron chi connectivity index (χ2n) is 6.49. The van der Waals surface area contributed by atoms with E-state index in [2.05, 4.69) is 20.9 Å². The summed E-state index contributed by atoms with van der Waals surface area (Å²) in [6, 6.07) is 24.5. The molecule has 4 rings (SSSR count). The number of carbonyl (C=O) groups excluding carboxylic acids is 2. The Labute approximate surface area is 177 Å². The summed E-state index contributed by atoms with van der Waals surface area (Å²) in [5, 5.41) is 9.30. The van der Waals surface area contributed by atoms with Gasteiger partial charge in [0.1, 0.15) is 5.15 Å². The largest absolute Gasteiger partial charge is 0.323 e. The Bertz CT molecular complexity index is 1210. The zero-order valence-corrected chi connectivity index (χ0v) is 16.5. The SMILES string of the molecule is O=C(Nc1ccccc1)Nc1ccc(NC(=O)c2cc(Cl)nc3ccccc23)cc1. The van der Waals surface area contributed by atoms with Gasteiger partial charge in [0.15, 0.2) is 0 Å². The van der Waals surface area contributed by atoms with Gasteiger partial charge in [0.25, 0.3) is 5.91 Å². The van der Waals surface area contributed by atoms with Gasteiger partial charge >= 0.3 is 6.03 Å². The molecule has 0 spiro atoms. The molecule has 3 N–H and O–H groups in total. The van der Waals surface area contributed by atoms with Crippen molar-refractivity contribution in [1.29, 1.82) is 0 Å². The van der Waals surface area contributed by atoms with Gasteiger partial charge in [0, 0.05) is 22.4 Å². The maximum atomic E-state index is 12.8. The number of hydrogen-bond donors (Lipinski definition) is 3. The molecule has 3 amide bonds. The number of amides is 3. The lowest BCUT2D eigenvalue weighted by Gasteiger charge is -2.10. The highest BCUT2D eigenvalue weighted by Gasteiger charge is 2.13. The van der Waals surface area contributed by atoms with Gasteiger partial charge in [0.2, 0.25) is 0 Å². The number of rotatable bonds is 4. The average Bonchev–Trinajstić information content (AvgIpc) is 2.75. The molecule has 7 heteroatoms. The first-order chi connectivity index (χ1) is 14.6. The quantitative estimate of drug-likeness (QED) is 0.368. The number of nitrogens with one attached hydrogen (secondary N) is 3. The third kappa shape index (κ3) is 4.56. The van der Waals surface area contributed by atoms with E-state index in [0.717, 1.165) is 5.39 Å². The molecule has 0 aliphatic carbocycles. The van der Waals surface area contributed by atoms with Crippen molar-refractivity contribution in [2.75, 3.05) is 16.0 Å². The second kappa shape index (κ2) is 8.63. The highest BCUT2D eigenvalue weighted by atomic mass is 35.5. The van der Waals surface area contributed by atoms with Crippen LogP contribution in [-0.4, -0.2) is 16.9 Å². The van der Waals surface area contributed by atoms with Crippen LogP contribution < -0.4 is 16.0 Å². The first kappa shape index (κ1) is 19.4. The molecule has 1 heterocycles. The number of benzene rings is 3. The third-order valence-corrected chi connectivity index (χ3v) is 4.56. The van der Waals surface area contributed by atoms with Crippen LogP contribution in [0.3, 0.4) is 0 Å². The number of nitrogens with zero attached hydrogens (tertiary/aromatic N) is 1. The van der Waals surface area contributed by atoms with E-state index < -0.39 is 0 Å². The molecule has 0 saturated heterocycles. The lowest BCUT2D eigenvalue weighted by molar-refractivity contribution is 0.102. The van der Waals surface area contributed by atoms with E-state index in [9.17, 15) is 9.59 Å². The number of para-hydroxylation sites is 2. The zero-order chi connectivity index (χ0) is 20.9. The second-order valence-corrected chi connectivity index (χ2v) is 6.87. The zero-order valence-electron chi connectivity index (χ0n) is 15.7. The van der Waals surface area contributed by atoms with Crippen molar-refractivity contribution in [1.82, 2.24) is 4.98 Å². The number of urea groups is 1. The van der Waals surface area contributed by atoms with Crippen molar-refractivity contribution in [2.45, 2.75) is 0 Å². The van der Waals surface area contributed by atoms with Gasteiger partial charge in [0.05, 0.1) is 11.1 Å². The van der Waals surface area contributed by atoms with Crippen LogP contribution in [0.25, 0.3) is 10.9 Å². The number of halogens is 1. The molecule has 1 aromatic heterocycles. The lowest BCUT2D eigenvalue weighted by Crippen LogP contribution is -2.19. The molecular formula is C23H17ClN4O2. The molecule has 0 fully saturated rings. The summed E-state index contributed by atoms with van der Waals surface area (Å²) >= 11 is 6.06. The first-order valence-electron chi connectivity index (χ1n) is 9.18. The van der Waals surface area contributed by atoms with Gasteiger partial charge in [-0.15, -0.1) is 0 Å². The lowest BCUT2D eigenvalue weighted by atomic mass is 10.1. The fraction of sp³-hybridized carbons (Fsp3) is 0. The molecule has 0 aliphatic heterocycles. The monoisotopic (exact) mass is 416 g/mol. The summed E-state index contributed by atoms with van der Waals surface area (Å²) in [7, 11) is 0. The Kier molecular flexibility index (Phi) is 5.59. The maximum Gasteiger partial charge on any atom is 0.323 e. The smallest absolute Gasteiger partial charge is 0.322 e. The molecular weight excluding hydrogens is 400 g/mol. The Balaban J connectivity index is 1.44. The third-order valence-electron chi connectivity index (χ3n) is 4.36. The van der Waals surface area contributed by atoms with Crippen LogP contribution in [0.4, 0.5) is 21.9 Å². The topological polar surface area (TPSA) is 83.1 Å². The molecule has 6 nitrogen and oxygen atoms in total. The Hall–Kier alpha value is -3.90. The fourth-order valence-corrected chi connectivity index (χ4v) is 3.18. The summed E-state index contributed by atoms with van der Waals surface area (Å²) in [6.45, 7) is 0. The van der Waals surface area contributed by atoms with Gasteiger partial charge in [-0.2, -0.15) is 0 Å². The molecule has 0 radical (unpaired) electrons. The number of anilines is 3. The summed E-state index contributed by atoms with van der Waals surface area (Å²) in [4.78, 5) is 29.1. The van der Waals surface area contributed by atoms with Crippen molar-refractivity contribution in [3.05, 3.63) is 95.6 Å². The fourth-order valence-electron chi connectivity index (χ4n) is 2.98. The standard InChI is InChI=1S/C23H17ClN4O2/c24-21-14-19(18-8-4-5-9-20(18)28-21)22(29)25-16-10-12-17(13-11-16)27-23(30)26-15-6-2-1-3-7-15/h1-14H,(H,25,29)(H2,26,27,30). The van der Waals surface area contributed by atoms with Gasteiger partial charge in [-0.25, -0.2) is 9.78 Å². The molecule has 0 saturated carbocycles. The van der Waals surface area contributed by atoms with Crippen LogP contribution in [0.2, 0.25) is 5.15 Å². The highest BCUT2D eigenvalue weighted by molar-refractivity contribution is 6.30. The van der Waals surface area contributed by atoms with Crippen molar-refractivity contribution >= 4 is 51.5 Å². The van der Waals surface area contributed by atoms with Gasteiger partial charge in [-0.1, -0.05) is 48.0 Å². The molecule has 4 aromatic rings. The Morgan fingerprint density at radius 1 is 0.700 bits per heavy atom. The molecule has 148 valence electrons. The predicted molar refractivity (Wildman–Crippen MR) is 120 cm³/mol. The van der Waals surface area contributed by atoms with E-state index in [1.54, 1.807) is 48.5 Å². The van der Waals surface area contributed by atoms with Gasteiger partial charge in [-0.05, 0) is 48.5 Å². The van der Waals surface area contributed by atoms with Crippen molar-refractivity contribution < 1.29 is 9.59 Å². The molecule has 0 bridgehead atoms. The molecule has 0 unspecified atom stereocenters. The van der Waals surface area contributed by atoms with Crippen LogP contribution in [0.1, 0.15) is 10.4 Å². The maximum absolute atomic E-state index is 12.8. The van der Waals surface area contributed by atoms with Crippen LogP contribution in [0, 0.1) is 0 Å². The van der Waals surface area contributed by atoms with Gasteiger partial charge < -0.3 is 16.0 Å². The van der Waals surface area contributed by atoms with E-state index >= 15 is 0 Å². The molecule has 30 heavy (non-hydrogen) atoms. The van der Waals surface area contributed by atoms with Crippen molar-refractivity contribution in [3.8, 4) is 0 Å². The first-order valence-corrected chi connectivity index (χ1v) is 9.56. The van der Waals surface area contributed by atoms with E-state index in [1.165, 1.54) is 0 Å². The summed E-state index contributed by atoms with van der Waals surface area (Å²) < 4.78 is 0. The van der Waals surface area contributed by atoms with E-state index in [0.29, 0.717) is 28.1 Å². The van der Waals surface area contributed by atoms with Crippen LogP contribution in [0.15, 0.2) is 84.9 Å².